The summed E-state index contributed by atoms with van der Waals surface area (Å²) in [7, 11) is 0. The van der Waals surface area contributed by atoms with Gasteiger partial charge in [0.1, 0.15) is 5.82 Å². The van der Waals surface area contributed by atoms with Crippen LogP contribution in [-0.2, 0) is 19.5 Å². The van der Waals surface area contributed by atoms with Gasteiger partial charge in [-0.25, -0.2) is 23.1 Å². The fourth-order valence-electron chi connectivity index (χ4n) is 2.54. The maximum Gasteiger partial charge on any atom is 0.194 e. The van der Waals surface area contributed by atoms with Crippen LogP contribution in [0, 0.1) is 24.4 Å². The summed E-state index contributed by atoms with van der Waals surface area (Å²) in [6.45, 7) is 3.34. The van der Waals surface area contributed by atoms with E-state index < -0.39 is 17.5 Å². The molecule has 6 heteroatoms. The molecule has 0 spiro atoms. The zero-order chi connectivity index (χ0) is 15.0. The summed E-state index contributed by atoms with van der Waals surface area (Å²) in [5, 5.41) is 0. The first-order valence-electron chi connectivity index (χ1n) is 6.70. The number of aromatic nitrogens is 2. The average Bonchev–Trinajstić information content (AvgIpc) is 2.48. The van der Waals surface area contributed by atoms with E-state index in [1.165, 1.54) is 6.07 Å². The lowest BCUT2D eigenvalue weighted by Crippen LogP contribution is -2.31. The second-order valence-corrected chi connectivity index (χ2v) is 5.18. The van der Waals surface area contributed by atoms with Crippen molar-refractivity contribution < 1.29 is 13.2 Å². The number of fused-ring (bicyclic) bond motifs is 1. The molecular formula is C15H14F3N3. The molecule has 1 aliphatic rings. The first kappa shape index (κ1) is 14.0. The molecule has 1 aromatic carbocycles. The Labute approximate surface area is 120 Å². The first-order valence-corrected chi connectivity index (χ1v) is 6.70. The quantitative estimate of drug-likeness (QED) is 0.797. The van der Waals surface area contributed by atoms with Crippen LogP contribution in [0.25, 0.3) is 0 Å². The smallest absolute Gasteiger partial charge is 0.194 e. The van der Waals surface area contributed by atoms with Crippen LogP contribution in [0.3, 0.4) is 0 Å². The molecule has 1 aromatic heterocycles. The summed E-state index contributed by atoms with van der Waals surface area (Å²) in [6.07, 6.45) is 2.51. The van der Waals surface area contributed by atoms with Gasteiger partial charge in [-0.15, -0.1) is 0 Å². The van der Waals surface area contributed by atoms with Crippen LogP contribution in [0.5, 0.6) is 0 Å². The van der Waals surface area contributed by atoms with E-state index in [1.807, 2.05) is 11.8 Å². The van der Waals surface area contributed by atoms with Crippen LogP contribution in [0.15, 0.2) is 18.3 Å². The van der Waals surface area contributed by atoms with Gasteiger partial charge in [0.05, 0.1) is 0 Å². The molecule has 0 atom stereocenters. The molecule has 1 aliphatic heterocycles. The molecule has 0 aliphatic carbocycles. The lowest BCUT2D eigenvalue weighted by Gasteiger charge is -2.28. The normalized spacial score (nSPS) is 15.0. The SMILES string of the molecule is Cc1ncc2c(n1)CCN(Cc1ccc(F)c(F)c1F)C2. The van der Waals surface area contributed by atoms with Gasteiger partial charge < -0.3 is 0 Å². The number of hydrogen-bond acceptors (Lipinski definition) is 3. The number of rotatable bonds is 2. The van der Waals surface area contributed by atoms with E-state index in [-0.39, 0.29) is 12.1 Å². The number of hydrogen-bond donors (Lipinski definition) is 0. The van der Waals surface area contributed by atoms with E-state index in [9.17, 15) is 13.2 Å². The largest absolute Gasteiger partial charge is 0.294 e. The molecule has 0 radical (unpaired) electrons. The van der Waals surface area contributed by atoms with Crippen LogP contribution in [0.2, 0.25) is 0 Å². The Kier molecular flexibility index (Phi) is 3.63. The first-order chi connectivity index (χ1) is 10.0. The van der Waals surface area contributed by atoms with Gasteiger partial charge in [0.15, 0.2) is 17.5 Å². The van der Waals surface area contributed by atoms with Crippen molar-refractivity contribution in [2.75, 3.05) is 6.54 Å². The minimum absolute atomic E-state index is 0.158. The van der Waals surface area contributed by atoms with Crippen molar-refractivity contribution in [2.45, 2.75) is 26.4 Å². The van der Waals surface area contributed by atoms with E-state index in [2.05, 4.69) is 9.97 Å². The van der Waals surface area contributed by atoms with E-state index in [0.717, 1.165) is 29.6 Å². The van der Waals surface area contributed by atoms with Crippen molar-refractivity contribution in [2.24, 2.45) is 0 Å². The fourth-order valence-corrected chi connectivity index (χ4v) is 2.54. The van der Waals surface area contributed by atoms with Crippen LogP contribution >= 0.6 is 0 Å². The Bertz CT molecular complexity index is 688. The zero-order valence-electron chi connectivity index (χ0n) is 11.5. The van der Waals surface area contributed by atoms with E-state index >= 15 is 0 Å². The minimum Gasteiger partial charge on any atom is -0.294 e. The van der Waals surface area contributed by atoms with Gasteiger partial charge in [-0.05, 0) is 13.0 Å². The molecule has 0 bridgehead atoms. The van der Waals surface area contributed by atoms with Crippen LogP contribution in [0.4, 0.5) is 13.2 Å². The number of nitrogens with zero attached hydrogens (tertiary/aromatic N) is 3. The molecule has 21 heavy (non-hydrogen) atoms. The van der Waals surface area contributed by atoms with Gasteiger partial charge in [0, 0.05) is 49.1 Å². The highest BCUT2D eigenvalue weighted by Crippen LogP contribution is 2.21. The Hall–Kier alpha value is -1.95. The van der Waals surface area contributed by atoms with E-state index in [1.54, 1.807) is 6.20 Å². The maximum atomic E-state index is 13.7. The predicted octanol–water partition coefficient (Wildman–Crippen LogP) is 2.76. The molecule has 3 nitrogen and oxygen atoms in total. The highest BCUT2D eigenvalue weighted by molar-refractivity contribution is 5.23. The molecule has 0 fully saturated rings. The fraction of sp³-hybridized carbons (Fsp3) is 0.333. The summed E-state index contributed by atoms with van der Waals surface area (Å²) in [5.41, 5.74) is 2.16. The monoisotopic (exact) mass is 293 g/mol. The van der Waals surface area contributed by atoms with Gasteiger partial charge in [0.25, 0.3) is 0 Å². The standard InChI is InChI=1S/C15H14F3N3/c1-9-19-6-11-8-21(5-4-13(11)20-9)7-10-2-3-12(16)15(18)14(10)17/h2-3,6H,4-5,7-8H2,1H3. The van der Waals surface area contributed by atoms with Crippen molar-refractivity contribution >= 4 is 0 Å². The summed E-state index contributed by atoms with van der Waals surface area (Å²) >= 11 is 0. The summed E-state index contributed by atoms with van der Waals surface area (Å²) in [6, 6.07) is 2.24. The summed E-state index contributed by atoms with van der Waals surface area (Å²) in [5.74, 6) is -2.96. The van der Waals surface area contributed by atoms with Gasteiger partial charge in [-0.2, -0.15) is 0 Å². The maximum absolute atomic E-state index is 13.7. The lowest BCUT2D eigenvalue weighted by atomic mass is 10.1. The van der Waals surface area contributed by atoms with Crippen molar-refractivity contribution in [3.63, 3.8) is 0 Å². The highest BCUT2D eigenvalue weighted by Gasteiger charge is 2.20. The third-order valence-corrected chi connectivity index (χ3v) is 3.64. The topological polar surface area (TPSA) is 29.0 Å². The number of halogens is 3. The van der Waals surface area contributed by atoms with Gasteiger partial charge in [-0.3, -0.25) is 4.90 Å². The Morgan fingerprint density at radius 1 is 1.19 bits per heavy atom. The van der Waals surface area contributed by atoms with Crippen LogP contribution in [0.1, 0.15) is 22.6 Å². The molecule has 3 rings (SSSR count). The van der Waals surface area contributed by atoms with Crippen molar-refractivity contribution in [3.05, 3.63) is 58.4 Å². The molecule has 0 unspecified atom stereocenters. The zero-order valence-corrected chi connectivity index (χ0v) is 11.5. The third kappa shape index (κ3) is 2.76. The van der Waals surface area contributed by atoms with Crippen LogP contribution in [-0.4, -0.2) is 21.4 Å². The number of aryl methyl sites for hydroxylation is 1. The van der Waals surface area contributed by atoms with Gasteiger partial charge >= 0.3 is 0 Å². The molecule has 0 amide bonds. The molecular weight excluding hydrogens is 279 g/mol. The van der Waals surface area contributed by atoms with Gasteiger partial charge in [0.2, 0.25) is 0 Å². The van der Waals surface area contributed by atoms with Crippen molar-refractivity contribution in [1.29, 1.82) is 0 Å². The van der Waals surface area contributed by atoms with E-state index in [0.29, 0.717) is 13.1 Å². The summed E-state index contributed by atoms with van der Waals surface area (Å²) < 4.78 is 39.9. The van der Waals surface area contributed by atoms with Crippen molar-refractivity contribution in [3.8, 4) is 0 Å². The molecule has 0 saturated heterocycles. The average molecular weight is 293 g/mol. The molecule has 110 valence electrons. The predicted molar refractivity (Wildman–Crippen MR) is 70.9 cm³/mol. The van der Waals surface area contributed by atoms with Gasteiger partial charge in [-0.1, -0.05) is 6.07 Å². The number of benzene rings is 1. The Morgan fingerprint density at radius 3 is 2.81 bits per heavy atom. The second kappa shape index (κ2) is 5.44. The summed E-state index contributed by atoms with van der Waals surface area (Å²) in [4.78, 5) is 10.5. The third-order valence-electron chi connectivity index (χ3n) is 3.64. The molecule has 0 N–H and O–H groups in total. The lowest BCUT2D eigenvalue weighted by molar-refractivity contribution is 0.238. The second-order valence-electron chi connectivity index (χ2n) is 5.18. The molecule has 0 saturated carbocycles. The molecule has 2 aromatic rings. The Morgan fingerprint density at radius 2 is 2.00 bits per heavy atom. The van der Waals surface area contributed by atoms with Crippen LogP contribution < -0.4 is 0 Å². The Balaban J connectivity index is 1.79. The van der Waals surface area contributed by atoms with Crippen molar-refractivity contribution in [1.82, 2.24) is 14.9 Å². The minimum atomic E-state index is -1.41. The highest BCUT2D eigenvalue weighted by atomic mass is 19.2. The molecule has 2 heterocycles. The van der Waals surface area contributed by atoms with E-state index in [4.69, 9.17) is 0 Å².